The predicted molar refractivity (Wildman–Crippen MR) is 112 cm³/mol. The maximum atomic E-state index is 13.1. The molecule has 0 spiro atoms. The Hall–Kier alpha value is -2.77. The molecule has 0 bridgehead atoms. The number of aliphatic hydroxyl groups excluding tert-OH is 1. The van der Waals surface area contributed by atoms with Crippen LogP contribution in [0.4, 0.5) is 0 Å². The molecule has 3 aromatic rings. The lowest BCUT2D eigenvalue weighted by atomic mass is 10.1. The van der Waals surface area contributed by atoms with Crippen LogP contribution in [0.1, 0.15) is 42.8 Å². The molecule has 0 aliphatic carbocycles. The molecule has 1 aliphatic rings. The van der Waals surface area contributed by atoms with Crippen molar-refractivity contribution in [1.82, 2.24) is 19.3 Å². The van der Waals surface area contributed by atoms with Crippen molar-refractivity contribution in [2.45, 2.75) is 38.8 Å². The number of pyridine rings is 1. The Bertz CT molecular complexity index is 1090. The summed E-state index contributed by atoms with van der Waals surface area (Å²) < 4.78 is 3.08. The van der Waals surface area contributed by atoms with Crippen LogP contribution in [0.15, 0.2) is 52.3 Å². The summed E-state index contributed by atoms with van der Waals surface area (Å²) in [4.78, 5) is 22.3. The first kappa shape index (κ1) is 19.5. The van der Waals surface area contributed by atoms with E-state index >= 15 is 0 Å². The van der Waals surface area contributed by atoms with Crippen molar-refractivity contribution < 1.29 is 5.11 Å². The van der Waals surface area contributed by atoms with E-state index in [9.17, 15) is 4.79 Å². The number of aromatic nitrogens is 4. The van der Waals surface area contributed by atoms with Crippen LogP contribution in [0.2, 0.25) is 5.15 Å². The van der Waals surface area contributed by atoms with Gasteiger partial charge in [0, 0.05) is 18.7 Å². The lowest BCUT2D eigenvalue weighted by Crippen LogP contribution is -2.25. The Morgan fingerprint density at radius 1 is 1.03 bits per heavy atom. The van der Waals surface area contributed by atoms with Crippen LogP contribution >= 0.6 is 11.6 Å². The zero-order valence-corrected chi connectivity index (χ0v) is 16.7. The molecule has 150 valence electrons. The molecule has 1 aromatic carbocycles. The Morgan fingerprint density at radius 3 is 2.62 bits per heavy atom. The fourth-order valence-electron chi connectivity index (χ4n) is 3.50. The molecule has 8 heteroatoms. The molecular weight excluding hydrogens is 390 g/mol. The molecule has 0 radical (unpaired) electrons. The van der Waals surface area contributed by atoms with Gasteiger partial charge in [-0.25, -0.2) is 19.0 Å². The molecule has 29 heavy (non-hydrogen) atoms. The Morgan fingerprint density at radius 2 is 1.83 bits per heavy atom. The summed E-state index contributed by atoms with van der Waals surface area (Å²) >= 11 is 6.17. The standard InChI is InChI=1S/C21H22ClN5O2/c22-17-11-10-16-20(24-17)19(15-8-4-3-5-9-15)23-14-18-25-26(21(29)27(16)18)12-6-1-2-7-13-28/h3-5,8-11,28H,1-2,6-7,12-14H2. The largest absolute Gasteiger partial charge is 0.396 e. The fourth-order valence-corrected chi connectivity index (χ4v) is 3.65. The summed E-state index contributed by atoms with van der Waals surface area (Å²) in [5.74, 6) is 0.585. The molecule has 0 fully saturated rings. The van der Waals surface area contributed by atoms with Crippen molar-refractivity contribution in [1.29, 1.82) is 0 Å². The lowest BCUT2D eigenvalue weighted by Gasteiger charge is -2.10. The van der Waals surface area contributed by atoms with Crippen LogP contribution in [0, 0.1) is 0 Å². The smallest absolute Gasteiger partial charge is 0.350 e. The average Bonchev–Trinajstić information content (AvgIpc) is 2.95. The van der Waals surface area contributed by atoms with Crippen molar-refractivity contribution in [3.8, 4) is 5.69 Å². The van der Waals surface area contributed by atoms with Crippen LogP contribution in [0.5, 0.6) is 0 Å². The van der Waals surface area contributed by atoms with Gasteiger partial charge in [0.25, 0.3) is 0 Å². The van der Waals surface area contributed by atoms with E-state index < -0.39 is 0 Å². The Labute approximate surface area is 173 Å². The maximum absolute atomic E-state index is 13.1. The summed E-state index contributed by atoms with van der Waals surface area (Å²) in [7, 11) is 0. The van der Waals surface area contributed by atoms with Gasteiger partial charge in [0.1, 0.15) is 17.4 Å². The number of aryl methyl sites for hydroxylation is 1. The van der Waals surface area contributed by atoms with E-state index in [1.165, 1.54) is 4.68 Å². The van der Waals surface area contributed by atoms with Gasteiger partial charge >= 0.3 is 5.69 Å². The first-order valence-corrected chi connectivity index (χ1v) is 10.1. The number of nitrogens with zero attached hydrogens (tertiary/aromatic N) is 5. The second kappa shape index (κ2) is 8.71. The van der Waals surface area contributed by atoms with Gasteiger partial charge in [-0.2, -0.15) is 5.10 Å². The number of hydrogen-bond donors (Lipinski definition) is 1. The van der Waals surface area contributed by atoms with E-state index in [0.717, 1.165) is 31.2 Å². The zero-order chi connectivity index (χ0) is 20.2. The monoisotopic (exact) mass is 411 g/mol. The topological polar surface area (TPSA) is 85.3 Å². The maximum Gasteiger partial charge on any atom is 0.350 e. The molecule has 0 saturated carbocycles. The molecule has 4 rings (SSSR count). The van der Waals surface area contributed by atoms with Crippen LogP contribution < -0.4 is 5.69 Å². The van der Waals surface area contributed by atoms with Gasteiger partial charge < -0.3 is 5.11 Å². The van der Waals surface area contributed by atoms with Crippen molar-refractivity contribution in [3.63, 3.8) is 0 Å². The number of benzene rings is 1. The van der Waals surface area contributed by atoms with Crippen LogP contribution in [-0.2, 0) is 13.1 Å². The Balaban J connectivity index is 1.72. The minimum absolute atomic E-state index is 0.197. The summed E-state index contributed by atoms with van der Waals surface area (Å²) in [6, 6.07) is 13.2. The van der Waals surface area contributed by atoms with Gasteiger partial charge in [0.2, 0.25) is 0 Å². The van der Waals surface area contributed by atoms with Gasteiger partial charge in [-0.05, 0) is 25.0 Å². The van der Waals surface area contributed by atoms with E-state index in [-0.39, 0.29) is 18.8 Å². The molecule has 2 aromatic heterocycles. The fraction of sp³-hybridized carbons (Fsp3) is 0.333. The highest BCUT2D eigenvalue weighted by Gasteiger charge is 2.24. The van der Waals surface area contributed by atoms with E-state index in [0.29, 0.717) is 34.6 Å². The van der Waals surface area contributed by atoms with Gasteiger partial charge in [0.05, 0.1) is 11.4 Å². The minimum Gasteiger partial charge on any atom is -0.396 e. The Kier molecular flexibility index (Phi) is 5.87. The van der Waals surface area contributed by atoms with E-state index in [1.54, 1.807) is 16.7 Å². The summed E-state index contributed by atoms with van der Waals surface area (Å²) in [6.07, 6.45) is 3.50. The quantitative estimate of drug-likeness (QED) is 0.478. The molecule has 7 nitrogen and oxygen atoms in total. The zero-order valence-electron chi connectivity index (χ0n) is 16.0. The van der Waals surface area contributed by atoms with Crippen molar-refractivity contribution in [2.24, 2.45) is 4.99 Å². The van der Waals surface area contributed by atoms with Gasteiger partial charge in [-0.15, -0.1) is 0 Å². The highest BCUT2D eigenvalue weighted by Crippen LogP contribution is 2.23. The number of aliphatic imine (C=N–C) groups is 1. The molecular formula is C21H22ClN5O2. The summed E-state index contributed by atoms with van der Waals surface area (Å²) in [5, 5.41) is 13.8. The number of unbranched alkanes of at least 4 members (excludes halogenated alkanes) is 3. The second-order valence-corrected chi connectivity index (χ2v) is 7.31. The van der Waals surface area contributed by atoms with E-state index in [1.807, 2.05) is 30.3 Å². The SMILES string of the molecule is O=c1n(CCCCCCO)nc2n1-c1ccc(Cl)nc1C(c1ccccc1)=NC2. The first-order chi connectivity index (χ1) is 14.2. The average molecular weight is 412 g/mol. The number of halogens is 1. The van der Waals surface area contributed by atoms with Crippen LogP contribution in [0.3, 0.4) is 0 Å². The predicted octanol–water partition coefficient (Wildman–Crippen LogP) is 2.99. The first-order valence-electron chi connectivity index (χ1n) is 9.76. The third-order valence-electron chi connectivity index (χ3n) is 4.92. The van der Waals surface area contributed by atoms with Gasteiger partial charge in [-0.1, -0.05) is 54.8 Å². The van der Waals surface area contributed by atoms with Crippen LogP contribution in [0.25, 0.3) is 5.69 Å². The minimum atomic E-state index is -0.197. The van der Waals surface area contributed by atoms with Crippen LogP contribution in [-0.4, -0.2) is 36.8 Å². The number of fused-ring (bicyclic) bond motifs is 3. The summed E-state index contributed by atoms with van der Waals surface area (Å²) in [6.45, 7) is 1.02. The highest BCUT2D eigenvalue weighted by molar-refractivity contribution is 6.29. The second-order valence-electron chi connectivity index (χ2n) is 6.93. The molecule has 0 unspecified atom stereocenters. The van der Waals surface area contributed by atoms with Crippen molar-refractivity contribution in [2.75, 3.05) is 6.61 Å². The van der Waals surface area contributed by atoms with Gasteiger partial charge in [-0.3, -0.25) is 4.99 Å². The van der Waals surface area contributed by atoms with Crippen molar-refractivity contribution in [3.05, 3.63) is 75.2 Å². The van der Waals surface area contributed by atoms with E-state index in [4.69, 9.17) is 21.7 Å². The van der Waals surface area contributed by atoms with Crippen molar-refractivity contribution >= 4 is 17.3 Å². The number of hydrogen-bond acceptors (Lipinski definition) is 5. The van der Waals surface area contributed by atoms with Gasteiger partial charge in [0.15, 0.2) is 5.82 Å². The molecule has 1 N–H and O–H groups in total. The van der Waals surface area contributed by atoms with E-state index in [2.05, 4.69) is 10.1 Å². The number of rotatable bonds is 7. The molecule has 0 saturated heterocycles. The molecule has 0 amide bonds. The normalized spacial score (nSPS) is 12.8. The third-order valence-corrected chi connectivity index (χ3v) is 5.13. The summed E-state index contributed by atoms with van der Waals surface area (Å²) in [5.41, 5.74) is 2.63. The molecule has 0 atom stereocenters. The lowest BCUT2D eigenvalue weighted by molar-refractivity contribution is 0.282. The third kappa shape index (κ3) is 4.02. The molecule has 1 aliphatic heterocycles. The highest BCUT2D eigenvalue weighted by atomic mass is 35.5. The number of aliphatic hydroxyl groups is 1. The molecule has 3 heterocycles.